The largest absolute Gasteiger partial charge is 0.394 e. The average Bonchev–Trinajstić information content (AvgIpc) is 2.43. The Hall–Kier alpha value is -0.570. The third-order valence-corrected chi connectivity index (χ3v) is 2.03. The van der Waals surface area contributed by atoms with Crippen molar-refractivity contribution in [2.75, 3.05) is 72.7 Å². The number of hydrogen-bond acceptors (Lipinski definition) is 7. The zero-order chi connectivity index (χ0) is 14.9. The summed E-state index contributed by atoms with van der Waals surface area (Å²) in [5, 5.41) is 8.46. The molecule has 0 aromatic heterocycles. The van der Waals surface area contributed by atoms with Gasteiger partial charge in [0.25, 0.3) is 0 Å². The fourth-order valence-corrected chi connectivity index (χ4v) is 1.16. The molecule has 0 aromatic carbocycles. The molecule has 0 unspecified atom stereocenters. The van der Waals surface area contributed by atoms with Crippen LogP contribution in [0.25, 0.3) is 0 Å². The van der Waals surface area contributed by atoms with Crippen molar-refractivity contribution in [3.8, 4) is 0 Å². The molecule has 20 heavy (non-hydrogen) atoms. The molecule has 0 radical (unpaired) electrons. The van der Waals surface area contributed by atoms with Crippen LogP contribution in [0.4, 0.5) is 0 Å². The lowest BCUT2D eigenvalue weighted by Crippen LogP contribution is -2.14. The number of aliphatic hydroxyl groups is 1. The fourth-order valence-electron chi connectivity index (χ4n) is 1.16. The number of Topliss-reactive ketones (excluding diaryl/α,β-unsaturated/α-hetero) is 1. The zero-order valence-electron chi connectivity index (χ0n) is 12.2. The standard InChI is InChI=1S/C13H26O7/c1-13(15)12-20-11-10-19-9-8-18-7-6-17-5-4-16-3-2-14/h14H,2-12H2,1H3. The summed E-state index contributed by atoms with van der Waals surface area (Å²) >= 11 is 0. The van der Waals surface area contributed by atoms with Gasteiger partial charge in [-0.2, -0.15) is 0 Å². The highest BCUT2D eigenvalue weighted by molar-refractivity contribution is 5.76. The monoisotopic (exact) mass is 294 g/mol. The van der Waals surface area contributed by atoms with Crippen molar-refractivity contribution in [3.63, 3.8) is 0 Å². The maximum Gasteiger partial charge on any atom is 0.155 e. The van der Waals surface area contributed by atoms with E-state index in [9.17, 15) is 4.79 Å². The SMILES string of the molecule is CC(=O)COCCOCCOCCOCCOCCO. The summed E-state index contributed by atoms with van der Waals surface area (Å²) in [4.78, 5) is 10.6. The number of carbonyl (C=O) groups is 1. The average molecular weight is 294 g/mol. The summed E-state index contributed by atoms with van der Waals surface area (Å²) in [6.07, 6.45) is 0. The number of carbonyl (C=O) groups excluding carboxylic acids is 1. The summed E-state index contributed by atoms with van der Waals surface area (Å²) < 4.78 is 25.8. The first kappa shape index (κ1) is 19.4. The first-order valence-corrected chi connectivity index (χ1v) is 6.76. The van der Waals surface area contributed by atoms with Crippen molar-refractivity contribution < 1.29 is 33.6 Å². The Morgan fingerprint density at radius 1 is 0.700 bits per heavy atom. The Morgan fingerprint density at radius 3 is 1.40 bits per heavy atom. The summed E-state index contributed by atoms with van der Waals surface area (Å²) in [6.45, 7) is 5.82. The molecule has 0 bridgehead atoms. The summed E-state index contributed by atoms with van der Waals surface area (Å²) in [5.41, 5.74) is 0. The first-order chi connectivity index (χ1) is 9.77. The molecule has 0 saturated heterocycles. The molecule has 0 aliphatic carbocycles. The molecule has 120 valence electrons. The van der Waals surface area contributed by atoms with Gasteiger partial charge in [0.1, 0.15) is 6.61 Å². The molecule has 1 N–H and O–H groups in total. The number of aliphatic hydroxyl groups excluding tert-OH is 1. The van der Waals surface area contributed by atoms with Crippen LogP contribution >= 0.6 is 0 Å². The van der Waals surface area contributed by atoms with Crippen molar-refractivity contribution in [1.82, 2.24) is 0 Å². The molecule has 7 heteroatoms. The lowest BCUT2D eigenvalue weighted by atomic mass is 10.5. The smallest absolute Gasteiger partial charge is 0.155 e. The van der Waals surface area contributed by atoms with E-state index in [2.05, 4.69) is 0 Å². The molecule has 0 aromatic rings. The highest BCUT2D eigenvalue weighted by Gasteiger charge is 1.94. The predicted octanol–water partition coefficient (Wildman–Crippen LogP) is -0.349. The summed E-state index contributed by atoms with van der Waals surface area (Å²) in [5.74, 6) is 0.00935. The van der Waals surface area contributed by atoms with Gasteiger partial charge in [-0.05, 0) is 6.92 Å². The molecule has 0 spiro atoms. The molecule has 0 saturated carbocycles. The Bertz CT molecular complexity index is 211. The number of hydrogen-bond donors (Lipinski definition) is 1. The number of ketones is 1. The van der Waals surface area contributed by atoms with E-state index in [0.717, 1.165) is 0 Å². The molecule has 0 rings (SSSR count). The van der Waals surface area contributed by atoms with Gasteiger partial charge >= 0.3 is 0 Å². The molecular weight excluding hydrogens is 268 g/mol. The van der Waals surface area contributed by atoms with E-state index >= 15 is 0 Å². The van der Waals surface area contributed by atoms with Gasteiger partial charge in [-0.25, -0.2) is 0 Å². The van der Waals surface area contributed by atoms with Gasteiger partial charge in [0.05, 0.1) is 66.1 Å². The van der Waals surface area contributed by atoms with Crippen LogP contribution < -0.4 is 0 Å². The van der Waals surface area contributed by atoms with Crippen LogP contribution in [0.3, 0.4) is 0 Å². The van der Waals surface area contributed by atoms with E-state index in [4.69, 9.17) is 28.8 Å². The quantitative estimate of drug-likeness (QED) is 0.390. The molecule has 0 atom stereocenters. The van der Waals surface area contributed by atoms with Gasteiger partial charge in [-0.1, -0.05) is 0 Å². The number of ether oxygens (including phenoxy) is 5. The predicted molar refractivity (Wildman–Crippen MR) is 71.9 cm³/mol. The lowest BCUT2D eigenvalue weighted by molar-refractivity contribution is -0.122. The number of rotatable bonds is 16. The van der Waals surface area contributed by atoms with Gasteiger partial charge in [0.2, 0.25) is 0 Å². The fraction of sp³-hybridized carbons (Fsp3) is 0.923. The van der Waals surface area contributed by atoms with E-state index in [1.807, 2.05) is 0 Å². The second-order valence-electron chi connectivity index (χ2n) is 3.93. The topological polar surface area (TPSA) is 83.5 Å². The molecule has 0 amide bonds. The molecule has 0 fully saturated rings. The van der Waals surface area contributed by atoms with Gasteiger partial charge in [-0.15, -0.1) is 0 Å². The van der Waals surface area contributed by atoms with Crippen LogP contribution in [-0.2, 0) is 28.5 Å². The van der Waals surface area contributed by atoms with Crippen molar-refractivity contribution in [3.05, 3.63) is 0 Å². The Balaban J connectivity index is 2.94. The highest BCUT2D eigenvalue weighted by atomic mass is 16.6. The Morgan fingerprint density at radius 2 is 1.05 bits per heavy atom. The molecular formula is C13H26O7. The van der Waals surface area contributed by atoms with Gasteiger partial charge in [-0.3, -0.25) is 4.79 Å². The minimum absolute atomic E-state index is 0.00935. The van der Waals surface area contributed by atoms with Gasteiger partial charge < -0.3 is 28.8 Å². The van der Waals surface area contributed by atoms with E-state index in [-0.39, 0.29) is 19.0 Å². The normalized spacial score (nSPS) is 10.9. The van der Waals surface area contributed by atoms with Crippen LogP contribution in [0.15, 0.2) is 0 Å². The van der Waals surface area contributed by atoms with E-state index < -0.39 is 0 Å². The summed E-state index contributed by atoms with van der Waals surface area (Å²) in [7, 11) is 0. The third kappa shape index (κ3) is 17.4. The molecule has 0 aliphatic rings. The van der Waals surface area contributed by atoms with Crippen LogP contribution in [0.5, 0.6) is 0 Å². The molecule has 7 nitrogen and oxygen atoms in total. The van der Waals surface area contributed by atoms with Crippen LogP contribution in [0, 0.1) is 0 Å². The Labute approximate surface area is 120 Å². The van der Waals surface area contributed by atoms with E-state index in [0.29, 0.717) is 59.5 Å². The third-order valence-electron chi connectivity index (χ3n) is 2.03. The van der Waals surface area contributed by atoms with Crippen LogP contribution in [0.1, 0.15) is 6.92 Å². The van der Waals surface area contributed by atoms with Crippen molar-refractivity contribution >= 4 is 5.78 Å². The second-order valence-corrected chi connectivity index (χ2v) is 3.93. The second kappa shape index (κ2) is 16.5. The van der Waals surface area contributed by atoms with Crippen molar-refractivity contribution in [2.45, 2.75) is 6.92 Å². The highest BCUT2D eigenvalue weighted by Crippen LogP contribution is 1.84. The Kier molecular flexibility index (Phi) is 16.0. The molecule has 0 heterocycles. The van der Waals surface area contributed by atoms with Crippen molar-refractivity contribution in [2.24, 2.45) is 0 Å². The zero-order valence-corrected chi connectivity index (χ0v) is 12.2. The van der Waals surface area contributed by atoms with Crippen LogP contribution in [0.2, 0.25) is 0 Å². The minimum atomic E-state index is 0.00935. The van der Waals surface area contributed by atoms with Gasteiger partial charge in [0.15, 0.2) is 5.78 Å². The molecule has 0 aliphatic heterocycles. The summed E-state index contributed by atoms with van der Waals surface area (Å²) in [6, 6.07) is 0. The van der Waals surface area contributed by atoms with E-state index in [1.54, 1.807) is 0 Å². The van der Waals surface area contributed by atoms with Gasteiger partial charge in [0, 0.05) is 0 Å². The van der Waals surface area contributed by atoms with E-state index in [1.165, 1.54) is 6.92 Å². The maximum absolute atomic E-state index is 10.6. The maximum atomic E-state index is 10.6. The minimum Gasteiger partial charge on any atom is -0.394 e. The van der Waals surface area contributed by atoms with Crippen molar-refractivity contribution in [1.29, 1.82) is 0 Å². The lowest BCUT2D eigenvalue weighted by Gasteiger charge is -2.07. The van der Waals surface area contributed by atoms with Crippen LogP contribution in [-0.4, -0.2) is 83.6 Å². The first-order valence-electron chi connectivity index (χ1n) is 6.76.